The van der Waals surface area contributed by atoms with Crippen molar-refractivity contribution in [3.63, 3.8) is 0 Å². The smallest absolute Gasteiger partial charge is 0.225 e. The molecular formula is C22H18N2O3. The highest BCUT2D eigenvalue weighted by Gasteiger charge is 2.24. The average Bonchev–Trinajstić information content (AvgIpc) is 3.22. The topological polar surface area (TPSA) is 75.4 Å². The summed E-state index contributed by atoms with van der Waals surface area (Å²) >= 11 is 0. The van der Waals surface area contributed by atoms with E-state index in [0.717, 1.165) is 10.9 Å². The zero-order valence-electron chi connectivity index (χ0n) is 14.5. The molecule has 0 radical (unpaired) electrons. The van der Waals surface area contributed by atoms with Crippen LogP contribution < -0.4 is 5.32 Å². The van der Waals surface area contributed by atoms with Gasteiger partial charge in [0.2, 0.25) is 5.91 Å². The van der Waals surface area contributed by atoms with Gasteiger partial charge in [0.15, 0.2) is 0 Å². The molecule has 0 aliphatic rings. The van der Waals surface area contributed by atoms with Gasteiger partial charge < -0.3 is 14.8 Å². The van der Waals surface area contributed by atoms with E-state index in [0.29, 0.717) is 16.8 Å². The monoisotopic (exact) mass is 358 g/mol. The van der Waals surface area contributed by atoms with Crippen LogP contribution in [-0.2, 0) is 11.2 Å². The van der Waals surface area contributed by atoms with Gasteiger partial charge in [-0.25, -0.2) is 0 Å². The molecule has 2 N–H and O–H groups in total. The van der Waals surface area contributed by atoms with Crippen LogP contribution in [0.1, 0.15) is 22.9 Å². The molecule has 2 heterocycles. The van der Waals surface area contributed by atoms with Gasteiger partial charge in [0.25, 0.3) is 0 Å². The number of rotatable bonds is 5. The molecule has 0 aliphatic heterocycles. The van der Waals surface area contributed by atoms with Gasteiger partial charge in [-0.1, -0.05) is 48.5 Å². The maximum Gasteiger partial charge on any atom is 0.225 e. The second-order valence-corrected chi connectivity index (χ2v) is 6.26. The van der Waals surface area contributed by atoms with E-state index in [1.165, 1.54) is 0 Å². The van der Waals surface area contributed by atoms with Crippen LogP contribution in [0, 0.1) is 0 Å². The maximum atomic E-state index is 12.6. The Morgan fingerprint density at radius 3 is 2.67 bits per heavy atom. The molecule has 4 aromatic rings. The first kappa shape index (κ1) is 16.8. The molecule has 0 unspecified atom stereocenters. The zero-order chi connectivity index (χ0) is 18.6. The van der Waals surface area contributed by atoms with E-state index >= 15 is 0 Å². The summed E-state index contributed by atoms with van der Waals surface area (Å²) in [5, 5.41) is 14.6. The van der Waals surface area contributed by atoms with Crippen LogP contribution in [0.25, 0.3) is 10.9 Å². The van der Waals surface area contributed by atoms with Gasteiger partial charge in [0, 0.05) is 17.1 Å². The predicted octanol–water partition coefficient (Wildman–Crippen LogP) is 3.98. The number of phenols is 1. The predicted molar refractivity (Wildman–Crippen MR) is 102 cm³/mol. The molecular weight excluding hydrogens is 340 g/mol. The SMILES string of the molecule is O=C(Cc1ccccc1)N[C@@H](c1ccco1)c1ccc2cccnc2c1O. The molecule has 1 amide bonds. The Balaban J connectivity index is 1.68. The first-order valence-electron chi connectivity index (χ1n) is 8.65. The molecule has 0 bridgehead atoms. The van der Waals surface area contributed by atoms with E-state index in [-0.39, 0.29) is 18.1 Å². The van der Waals surface area contributed by atoms with Gasteiger partial charge in [0.1, 0.15) is 23.1 Å². The minimum atomic E-state index is -0.609. The molecule has 0 saturated heterocycles. The minimum Gasteiger partial charge on any atom is -0.505 e. The highest BCUT2D eigenvalue weighted by molar-refractivity contribution is 5.86. The van der Waals surface area contributed by atoms with Crippen molar-refractivity contribution in [3.8, 4) is 5.75 Å². The molecule has 4 rings (SSSR count). The third-order valence-electron chi connectivity index (χ3n) is 4.43. The van der Waals surface area contributed by atoms with Crippen molar-refractivity contribution < 1.29 is 14.3 Å². The van der Waals surface area contributed by atoms with Crippen molar-refractivity contribution in [1.29, 1.82) is 0 Å². The van der Waals surface area contributed by atoms with Crippen molar-refractivity contribution in [2.45, 2.75) is 12.5 Å². The van der Waals surface area contributed by atoms with Gasteiger partial charge in [0.05, 0.1) is 12.7 Å². The normalized spacial score (nSPS) is 12.0. The number of nitrogens with one attached hydrogen (secondary N) is 1. The number of nitrogens with zero attached hydrogens (tertiary/aromatic N) is 1. The lowest BCUT2D eigenvalue weighted by atomic mass is 10.00. The van der Waals surface area contributed by atoms with E-state index in [1.54, 1.807) is 30.7 Å². The third-order valence-corrected chi connectivity index (χ3v) is 4.43. The van der Waals surface area contributed by atoms with Crippen LogP contribution in [0.5, 0.6) is 5.75 Å². The summed E-state index contributed by atoms with van der Waals surface area (Å²) < 4.78 is 5.52. The third kappa shape index (κ3) is 3.53. The van der Waals surface area contributed by atoms with E-state index < -0.39 is 6.04 Å². The fourth-order valence-electron chi connectivity index (χ4n) is 3.13. The molecule has 2 aromatic heterocycles. The fraction of sp³-hybridized carbons (Fsp3) is 0.0909. The first-order valence-corrected chi connectivity index (χ1v) is 8.65. The highest BCUT2D eigenvalue weighted by atomic mass is 16.3. The number of carbonyl (C=O) groups is 1. The van der Waals surface area contributed by atoms with Crippen molar-refractivity contribution in [1.82, 2.24) is 10.3 Å². The maximum absolute atomic E-state index is 12.6. The summed E-state index contributed by atoms with van der Waals surface area (Å²) in [6.07, 6.45) is 3.41. The Bertz CT molecular complexity index is 1060. The standard InChI is InChI=1S/C22H18N2O3/c25-19(14-15-6-2-1-3-7-15)24-21(18-9-5-13-27-18)17-11-10-16-8-4-12-23-20(16)22(17)26/h1-13,21,26H,14H2,(H,24,25)/t21-/m1/s1. The Morgan fingerprint density at radius 1 is 1.04 bits per heavy atom. The summed E-state index contributed by atoms with van der Waals surface area (Å²) in [4.78, 5) is 16.9. The number of amides is 1. The average molecular weight is 358 g/mol. The molecule has 1 atom stereocenters. The van der Waals surface area contributed by atoms with Gasteiger partial charge in [-0.2, -0.15) is 0 Å². The molecule has 2 aromatic carbocycles. The zero-order valence-corrected chi connectivity index (χ0v) is 14.5. The number of aromatic nitrogens is 1. The van der Waals surface area contributed by atoms with Gasteiger partial charge in [-0.3, -0.25) is 9.78 Å². The molecule has 27 heavy (non-hydrogen) atoms. The molecule has 0 aliphatic carbocycles. The quantitative estimate of drug-likeness (QED) is 0.566. The number of fused-ring (bicyclic) bond motifs is 1. The van der Waals surface area contributed by atoms with Crippen molar-refractivity contribution in [2.24, 2.45) is 0 Å². The van der Waals surface area contributed by atoms with E-state index in [1.807, 2.05) is 48.5 Å². The largest absolute Gasteiger partial charge is 0.505 e. The van der Waals surface area contributed by atoms with Crippen molar-refractivity contribution in [3.05, 3.63) is 96.1 Å². The number of benzene rings is 2. The lowest BCUT2D eigenvalue weighted by Crippen LogP contribution is -2.30. The number of furan rings is 1. The van der Waals surface area contributed by atoms with Crippen LogP contribution in [0.15, 0.2) is 83.6 Å². The number of aromatic hydroxyl groups is 1. The summed E-state index contributed by atoms with van der Waals surface area (Å²) in [5.41, 5.74) is 1.94. The van der Waals surface area contributed by atoms with Crippen LogP contribution in [0.2, 0.25) is 0 Å². The number of hydrogen-bond acceptors (Lipinski definition) is 4. The van der Waals surface area contributed by atoms with E-state index in [4.69, 9.17) is 4.42 Å². The second kappa shape index (κ2) is 7.33. The van der Waals surface area contributed by atoms with Crippen LogP contribution in [0.3, 0.4) is 0 Å². The molecule has 0 spiro atoms. The lowest BCUT2D eigenvalue weighted by Gasteiger charge is -2.19. The van der Waals surface area contributed by atoms with E-state index in [2.05, 4.69) is 10.3 Å². The summed E-state index contributed by atoms with van der Waals surface area (Å²) in [6.45, 7) is 0. The van der Waals surface area contributed by atoms with E-state index in [9.17, 15) is 9.90 Å². The Hall–Kier alpha value is -3.60. The molecule has 134 valence electrons. The summed E-state index contributed by atoms with van der Waals surface area (Å²) in [5.74, 6) is 0.416. The number of carbonyl (C=O) groups excluding carboxylic acids is 1. The van der Waals surface area contributed by atoms with Gasteiger partial charge in [-0.05, 0) is 23.8 Å². The Kier molecular flexibility index (Phi) is 4.58. The lowest BCUT2D eigenvalue weighted by molar-refractivity contribution is -0.121. The van der Waals surface area contributed by atoms with Crippen molar-refractivity contribution >= 4 is 16.8 Å². The Labute approximate surface area is 156 Å². The first-order chi connectivity index (χ1) is 13.2. The van der Waals surface area contributed by atoms with Crippen LogP contribution in [0.4, 0.5) is 0 Å². The molecule has 5 heteroatoms. The van der Waals surface area contributed by atoms with Crippen LogP contribution in [-0.4, -0.2) is 16.0 Å². The summed E-state index contributed by atoms with van der Waals surface area (Å²) in [6, 6.07) is 19.8. The summed E-state index contributed by atoms with van der Waals surface area (Å²) in [7, 11) is 0. The fourth-order valence-corrected chi connectivity index (χ4v) is 3.13. The van der Waals surface area contributed by atoms with Gasteiger partial charge in [-0.15, -0.1) is 0 Å². The number of hydrogen-bond donors (Lipinski definition) is 2. The highest BCUT2D eigenvalue weighted by Crippen LogP contribution is 2.34. The molecule has 0 saturated carbocycles. The molecule has 0 fully saturated rings. The van der Waals surface area contributed by atoms with Gasteiger partial charge >= 0.3 is 0 Å². The number of phenolic OH excluding ortho intramolecular Hbond substituents is 1. The van der Waals surface area contributed by atoms with Crippen LogP contribution >= 0.6 is 0 Å². The number of pyridine rings is 1. The molecule has 5 nitrogen and oxygen atoms in total. The van der Waals surface area contributed by atoms with Crippen molar-refractivity contribution in [2.75, 3.05) is 0 Å². The second-order valence-electron chi connectivity index (χ2n) is 6.26. The minimum absolute atomic E-state index is 0.0366. The Morgan fingerprint density at radius 2 is 1.89 bits per heavy atom.